The predicted molar refractivity (Wildman–Crippen MR) is 129 cm³/mol. The van der Waals surface area contributed by atoms with Crippen LogP contribution in [0, 0.1) is 10.1 Å². The third-order valence-corrected chi connectivity index (χ3v) is 5.27. The fourth-order valence-corrected chi connectivity index (χ4v) is 3.27. The van der Waals surface area contributed by atoms with Crippen molar-refractivity contribution < 1.29 is 19.2 Å². The lowest BCUT2D eigenvalue weighted by Crippen LogP contribution is -2.31. The van der Waals surface area contributed by atoms with Crippen LogP contribution in [0.3, 0.4) is 0 Å². The molecule has 0 bridgehead atoms. The molecule has 0 saturated heterocycles. The summed E-state index contributed by atoms with van der Waals surface area (Å²) < 4.78 is 5.92. The first-order chi connectivity index (χ1) is 15.8. The number of nitrogens with zero attached hydrogens (tertiary/aromatic N) is 1. The van der Waals surface area contributed by atoms with Crippen molar-refractivity contribution in [3.63, 3.8) is 0 Å². The number of non-ortho nitro benzene ring substituents is 1. The molecule has 0 aromatic heterocycles. The van der Waals surface area contributed by atoms with Gasteiger partial charge in [0.25, 0.3) is 17.5 Å². The largest absolute Gasteiger partial charge is 0.497 e. The Balaban J connectivity index is 1.91. The minimum absolute atomic E-state index is 0.0799. The topological polar surface area (TPSA) is 111 Å². The third-order valence-electron chi connectivity index (χ3n) is 4.43. The molecule has 33 heavy (non-hydrogen) atoms. The maximum atomic E-state index is 13.0. The summed E-state index contributed by atoms with van der Waals surface area (Å²) in [7, 11) is 1.48. The van der Waals surface area contributed by atoms with Gasteiger partial charge in [0.1, 0.15) is 11.4 Å². The van der Waals surface area contributed by atoms with Crippen LogP contribution in [0.1, 0.15) is 15.9 Å². The fourth-order valence-electron chi connectivity index (χ4n) is 2.75. The van der Waals surface area contributed by atoms with Gasteiger partial charge in [-0.05, 0) is 66.2 Å². The number of nitro benzene ring substituents is 1. The molecule has 3 aromatic carbocycles. The molecule has 0 saturated carbocycles. The van der Waals surface area contributed by atoms with Crippen molar-refractivity contribution in [3.8, 4) is 5.75 Å². The van der Waals surface area contributed by atoms with E-state index >= 15 is 0 Å². The van der Waals surface area contributed by atoms with Crippen LogP contribution in [0.15, 0.2) is 76.9 Å². The van der Waals surface area contributed by atoms with E-state index in [1.807, 2.05) is 0 Å². The zero-order chi connectivity index (χ0) is 24.0. The summed E-state index contributed by atoms with van der Waals surface area (Å²) in [5, 5.41) is 16.3. The van der Waals surface area contributed by atoms with E-state index < -0.39 is 16.7 Å². The van der Waals surface area contributed by atoms with E-state index in [9.17, 15) is 19.7 Å². The van der Waals surface area contributed by atoms with Crippen molar-refractivity contribution in [2.45, 2.75) is 0 Å². The molecule has 0 spiro atoms. The van der Waals surface area contributed by atoms with Crippen LogP contribution in [-0.2, 0) is 4.79 Å². The average Bonchev–Trinajstić information content (AvgIpc) is 2.80. The highest BCUT2D eigenvalue weighted by Crippen LogP contribution is 2.23. The van der Waals surface area contributed by atoms with Crippen LogP contribution in [0.25, 0.3) is 6.08 Å². The third kappa shape index (κ3) is 6.41. The van der Waals surface area contributed by atoms with Crippen molar-refractivity contribution in [1.82, 2.24) is 5.32 Å². The van der Waals surface area contributed by atoms with Crippen LogP contribution < -0.4 is 15.4 Å². The molecule has 0 aliphatic rings. The van der Waals surface area contributed by atoms with Crippen LogP contribution >= 0.6 is 27.5 Å². The molecule has 0 radical (unpaired) electrons. The molecule has 3 rings (SSSR count). The molecule has 0 fully saturated rings. The number of rotatable bonds is 7. The zero-order valence-electron chi connectivity index (χ0n) is 17.2. The van der Waals surface area contributed by atoms with E-state index in [2.05, 4.69) is 26.6 Å². The Morgan fingerprint density at radius 1 is 1.06 bits per heavy atom. The molecule has 0 atom stereocenters. The minimum atomic E-state index is -0.609. The lowest BCUT2D eigenvalue weighted by Gasteiger charge is -2.12. The van der Waals surface area contributed by atoms with Crippen molar-refractivity contribution in [1.29, 1.82) is 0 Å². The highest BCUT2D eigenvalue weighted by atomic mass is 79.9. The molecule has 0 aliphatic carbocycles. The van der Waals surface area contributed by atoms with Gasteiger partial charge in [-0.3, -0.25) is 19.7 Å². The van der Waals surface area contributed by atoms with Gasteiger partial charge < -0.3 is 15.4 Å². The van der Waals surface area contributed by atoms with Gasteiger partial charge >= 0.3 is 0 Å². The Labute approximate surface area is 202 Å². The Morgan fingerprint density at radius 2 is 1.73 bits per heavy atom. The van der Waals surface area contributed by atoms with Crippen molar-refractivity contribution in [3.05, 3.63) is 103 Å². The number of halogens is 2. The van der Waals surface area contributed by atoms with Gasteiger partial charge in [-0.15, -0.1) is 0 Å². The summed E-state index contributed by atoms with van der Waals surface area (Å²) in [6.07, 6.45) is 1.41. The van der Waals surface area contributed by atoms with E-state index in [0.29, 0.717) is 17.0 Å². The van der Waals surface area contributed by atoms with Crippen LogP contribution in [0.5, 0.6) is 5.75 Å². The molecule has 2 N–H and O–H groups in total. The summed E-state index contributed by atoms with van der Waals surface area (Å²) in [5.74, 6) is -0.721. The number of anilines is 1. The maximum Gasteiger partial charge on any atom is 0.272 e. The summed E-state index contributed by atoms with van der Waals surface area (Å²) in [6, 6.07) is 17.0. The number of ether oxygens (including phenoxy) is 1. The number of benzene rings is 3. The normalized spacial score (nSPS) is 10.9. The first kappa shape index (κ1) is 24.0. The van der Waals surface area contributed by atoms with Crippen molar-refractivity contribution >= 4 is 56.8 Å². The number of carbonyl (C=O) groups is 2. The van der Waals surface area contributed by atoms with Crippen molar-refractivity contribution in [2.24, 2.45) is 0 Å². The lowest BCUT2D eigenvalue weighted by atomic mass is 10.1. The van der Waals surface area contributed by atoms with Crippen molar-refractivity contribution in [2.75, 3.05) is 12.4 Å². The standard InChI is InChI=1S/C23H17BrClN3O5/c1-33-18-10-11-19(20(25)13-18)22(29)27-21(12-14-2-8-17(9-3-14)28(31)32)23(30)26-16-6-4-15(24)5-7-16/h2-13H,1H3,(H,26,30)(H,27,29)/b21-12+. The Bertz CT molecular complexity index is 1230. The number of nitro groups is 1. The van der Waals surface area contributed by atoms with E-state index in [1.54, 1.807) is 30.3 Å². The van der Waals surface area contributed by atoms with E-state index in [-0.39, 0.29) is 22.0 Å². The van der Waals surface area contributed by atoms with Gasteiger partial charge in [0, 0.05) is 22.3 Å². The molecule has 0 aliphatic heterocycles. The zero-order valence-corrected chi connectivity index (χ0v) is 19.5. The van der Waals surface area contributed by atoms with Gasteiger partial charge in [-0.25, -0.2) is 0 Å². The van der Waals surface area contributed by atoms with Crippen LogP contribution in [-0.4, -0.2) is 23.8 Å². The second-order valence-corrected chi connectivity index (χ2v) is 7.99. The smallest absolute Gasteiger partial charge is 0.272 e. The quantitative estimate of drug-likeness (QED) is 0.240. The Morgan fingerprint density at radius 3 is 2.30 bits per heavy atom. The molecule has 0 unspecified atom stereocenters. The monoisotopic (exact) mass is 529 g/mol. The highest BCUT2D eigenvalue weighted by Gasteiger charge is 2.18. The molecule has 3 aromatic rings. The number of hydrogen-bond acceptors (Lipinski definition) is 5. The summed E-state index contributed by atoms with van der Waals surface area (Å²) in [5.41, 5.74) is 0.950. The molecular formula is C23H17BrClN3O5. The Kier molecular flexibility index (Phi) is 7.81. The van der Waals surface area contributed by atoms with E-state index in [1.165, 1.54) is 49.6 Å². The first-order valence-electron chi connectivity index (χ1n) is 9.45. The number of nitrogens with one attached hydrogen (secondary N) is 2. The SMILES string of the molecule is COc1ccc(C(=O)N/C(=C/c2ccc([N+](=O)[O-])cc2)C(=O)Nc2ccc(Br)cc2)c(Cl)c1. The predicted octanol–water partition coefficient (Wildman–Crippen LogP) is 5.43. The molecular weight excluding hydrogens is 514 g/mol. The fraction of sp³-hybridized carbons (Fsp3) is 0.0435. The number of methoxy groups -OCH3 is 1. The number of amides is 2. The molecule has 0 heterocycles. The van der Waals surface area contributed by atoms with Gasteiger partial charge in [0.05, 0.1) is 22.6 Å². The van der Waals surface area contributed by atoms with E-state index in [0.717, 1.165) is 4.47 Å². The molecule has 8 nitrogen and oxygen atoms in total. The molecule has 10 heteroatoms. The van der Waals surface area contributed by atoms with Gasteiger partial charge in [0.2, 0.25) is 0 Å². The summed E-state index contributed by atoms with van der Waals surface area (Å²) >= 11 is 9.51. The molecule has 168 valence electrons. The number of carbonyl (C=O) groups excluding carboxylic acids is 2. The average molecular weight is 531 g/mol. The van der Waals surface area contributed by atoms with E-state index in [4.69, 9.17) is 16.3 Å². The van der Waals surface area contributed by atoms with Gasteiger partial charge in [-0.1, -0.05) is 27.5 Å². The van der Waals surface area contributed by atoms with Gasteiger partial charge in [0.15, 0.2) is 0 Å². The first-order valence-corrected chi connectivity index (χ1v) is 10.6. The minimum Gasteiger partial charge on any atom is -0.497 e. The highest BCUT2D eigenvalue weighted by molar-refractivity contribution is 9.10. The second kappa shape index (κ2) is 10.8. The lowest BCUT2D eigenvalue weighted by molar-refractivity contribution is -0.384. The Hall–Kier alpha value is -3.69. The second-order valence-electron chi connectivity index (χ2n) is 6.67. The summed E-state index contributed by atoms with van der Waals surface area (Å²) in [6.45, 7) is 0. The molecule has 2 amide bonds. The van der Waals surface area contributed by atoms with Crippen LogP contribution in [0.2, 0.25) is 5.02 Å². The number of hydrogen-bond donors (Lipinski definition) is 2. The summed E-state index contributed by atoms with van der Waals surface area (Å²) in [4.78, 5) is 36.2. The maximum absolute atomic E-state index is 13.0. The van der Waals surface area contributed by atoms with Crippen LogP contribution in [0.4, 0.5) is 11.4 Å². The van der Waals surface area contributed by atoms with Gasteiger partial charge in [-0.2, -0.15) is 0 Å².